The van der Waals surface area contributed by atoms with Crippen LogP contribution in [0, 0.1) is 5.92 Å². The molecule has 2 heterocycles. The molecule has 1 aliphatic rings. The Morgan fingerprint density at radius 2 is 1.84 bits per heavy atom. The van der Waals surface area contributed by atoms with Gasteiger partial charge in [-0.1, -0.05) is 12.1 Å². The maximum absolute atomic E-state index is 13.3. The first-order valence-electron chi connectivity index (χ1n) is 10.2. The van der Waals surface area contributed by atoms with Gasteiger partial charge >= 0.3 is 11.9 Å². The summed E-state index contributed by atoms with van der Waals surface area (Å²) in [4.78, 5) is 52.1. The monoisotopic (exact) mass is 427 g/mol. The van der Waals surface area contributed by atoms with Crippen LogP contribution in [0.4, 0.5) is 0 Å². The van der Waals surface area contributed by atoms with Crippen molar-refractivity contribution in [3.63, 3.8) is 0 Å². The van der Waals surface area contributed by atoms with Crippen molar-refractivity contribution in [2.45, 2.75) is 32.7 Å². The highest BCUT2D eigenvalue weighted by Gasteiger charge is 2.34. The van der Waals surface area contributed by atoms with Gasteiger partial charge in [0.2, 0.25) is 0 Å². The molecule has 10 nitrogen and oxygen atoms in total. The first-order valence-corrected chi connectivity index (χ1v) is 10.2. The molecule has 0 bridgehead atoms. The highest BCUT2D eigenvalue weighted by atomic mass is 16.5. The van der Waals surface area contributed by atoms with Crippen molar-refractivity contribution in [1.82, 2.24) is 25.2 Å². The zero-order valence-electron chi connectivity index (χ0n) is 17.5. The average Bonchev–Trinajstić information content (AvgIpc) is 3.32. The van der Waals surface area contributed by atoms with Crippen LogP contribution in [0.3, 0.4) is 0 Å². The Morgan fingerprint density at radius 3 is 2.55 bits per heavy atom. The lowest BCUT2D eigenvalue weighted by Gasteiger charge is -2.37. The summed E-state index contributed by atoms with van der Waals surface area (Å²) in [6.45, 7) is 3.55. The van der Waals surface area contributed by atoms with Crippen molar-refractivity contribution >= 4 is 23.6 Å². The summed E-state index contributed by atoms with van der Waals surface area (Å²) >= 11 is 0. The summed E-state index contributed by atoms with van der Waals surface area (Å²) < 4.78 is 4.61. The third-order valence-corrected chi connectivity index (χ3v) is 5.25. The number of carbonyl (C=O) groups is 4. The molecule has 0 radical (unpaired) electrons. The Morgan fingerprint density at radius 1 is 1.13 bits per heavy atom. The molecule has 1 aliphatic heterocycles. The first kappa shape index (κ1) is 22.1. The number of ether oxygens (including phenoxy) is 1. The van der Waals surface area contributed by atoms with Crippen LogP contribution in [0.2, 0.25) is 0 Å². The van der Waals surface area contributed by atoms with Crippen molar-refractivity contribution < 1.29 is 23.9 Å². The molecule has 0 unspecified atom stereocenters. The molecule has 0 aliphatic carbocycles. The van der Waals surface area contributed by atoms with Crippen LogP contribution in [0.15, 0.2) is 36.7 Å². The molecule has 0 spiro atoms. The van der Waals surface area contributed by atoms with E-state index in [9.17, 15) is 19.2 Å². The number of likely N-dealkylation sites (tertiary alicyclic amines) is 1. The summed E-state index contributed by atoms with van der Waals surface area (Å²) in [6, 6.07) is 6.98. The maximum atomic E-state index is 13.3. The lowest BCUT2D eigenvalue weighted by atomic mass is 9.89. The van der Waals surface area contributed by atoms with Gasteiger partial charge in [0.1, 0.15) is 0 Å². The van der Waals surface area contributed by atoms with E-state index in [-0.39, 0.29) is 37.4 Å². The number of esters is 1. The van der Waals surface area contributed by atoms with Gasteiger partial charge in [0.15, 0.2) is 5.78 Å². The van der Waals surface area contributed by atoms with Gasteiger partial charge in [-0.15, -0.1) is 0 Å². The van der Waals surface area contributed by atoms with Crippen molar-refractivity contribution in [1.29, 1.82) is 0 Å². The average molecular weight is 427 g/mol. The molecule has 2 atom stereocenters. The second-order valence-electron chi connectivity index (χ2n) is 7.29. The van der Waals surface area contributed by atoms with E-state index in [4.69, 9.17) is 0 Å². The zero-order chi connectivity index (χ0) is 22.4. The molecular weight excluding hydrogens is 402 g/mol. The molecule has 164 valence electrons. The fraction of sp³-hybridized carbons (Fsp3) is 0.429. The molecule has 1 N–H and O–H groups in total. The largest absolute Gasteiger partial charge is 0.459 e. The normalized spacial score (nSPS) is 18.3. The summed E-state index contributed by atoms with van der Waals surface area (Å²) in [6.07, 6.45) is 4.31. The van der Waals surface area contributed by atoms with E-state index in [2.05, 4.69) is 20.3 Å². The number of nitrogens with zero attached hydrogens (tertiary/aromatic N) is 4. The van der Waals surface area contributed by atoms with Gasteiger partial charge in [-0.05, 0) is 38.8 Å². The lowest BCUT2D eigenvalue weighted by Crippen LogP contribution is -2.49. The number of ketones is 1. The number of aromatic nitrogens is 3. The number of amides is 2. The van der Waals surface area contributed by atoms with Gasteiger partial charge in [-0.25, -0.2) is 4.79 Å². The van der Waals surface area contributed by atoms with Gasteiger partial charge < -0.3 is 15.0 Å². The van der Waals surface area contributed by atoms with Crippen LogP contribution in [0.5, 0.6) is 0 Å². The summed E-state index contributed by atoms with van der Waals surface area (Å²) in [7, 11) is 0. The zero-order valence-corrected chi connectivity index (χ0v) is 17.5. The molecule has 1 aromatic carbocycles. The Labute approximate surface area is 179 Å². The number of rotatable bonds is 6. The minimum Gasteiger partial charge on any atom is -0.459 e. The number of para-hydroxylation sites is 1. The molecular formula is C21H25N5O5. The van der Waals surface area contributed by atoms with Gasteiger partial charge in [0.05, 0.1) is 36.8 Å². The molecule has 0 saturated carbocycles. The Kier molecular flexibility index (Phi) is 7.11. The molecule has 1 aromatic heterocycles. The van der Waals surface area contributed by atoms with Crippen LogP contribution < -0.4 is 5.32 Å². The van der Waals surface area contributed by atoms with Crippen LogP contribution in [-0.4, -0.2) is 69.2 Å². The van der Waals surface area contributed by atoms with Crippen LogP contribution in [0.1, 0.15) is 37.0 Å². The number of Topliss-reactive ketones (excluding diaryl/α,β-unsaturated/α-hetero) is 1. The van der Waals surface area contributed by atoms with E-state index >= 15 is 0 Å². The number of benzene rings is 1. The van der Waals surface area contributed by atoms with Gasteiger partial charge in [-0.3, -0.25) is 14.4 Å². The van der Waals surface area contributed by atoms with Crippen molar-refractivity contribution in [2.75, 3.05) is 19.7 Å². The third kappa shape index (κ3) is 5.14. The summed E-state index contributed by atoms with van der Waals surface area (Å²) in [5, 5.41) is 10.5. The van der Waals surface area contributed by atoms with E-state index < -0.39 is 17.8 Å². The maximum Gasteiger partial charge on any atom is 0.396 e. The predicted octanol–water partition coefficient (Wildman–Crippen LogP) is 0.756. The topological polar surface area (TPSA) is 123 Å². The Bertz CT molecular complexity index is 959. The second kappa shape index (κ2) is 9.96. The smallest absolute Gasteiger partial charge is 0.396 e. The fourth-order valence-electron chi connectivity index (χ4n) is 3.56. The highest BCUT2D eigenvalue weighted by Crippen LogP contribution is 2.26. The molecule has 1 fully saturated rings. The molecule has 31 heavy (non-hydrogen) atoms. The van der Waals surface area contributed by atoms with E-state index in [1.165, 1.54) is 17.2 Å². The minimum absolute atomic E-state index is 0.0516. The van der Waals surface area contributed by atoms with E-state index in [0.29, 0.717) is 24.1 Å². The quantitative estimate of drug-likeness (QED) is 0.533. The molecule has 1 saturated heterocycles. The van der Waals surface area contributed by atoms with Crippen molar-refractivity contribution in [3.8, 4) is 5.69 Å². The highest BCUT2D eigenvalue weighted by molar-refractivity contribution is 6.32. The van der Waals surface area contributed by atoms with Crippen LogP contribution >= 0.6 is 0 Å². The number of piperidine rings is 1. The first-order chi connectivity index (χ1) is 14.9. The minimum atomic E-state index is -1.02. The number of hydrogen-bond donors (Lipinski definition) is 1. The molecule has 2 amide bonds. The summed E-state index contributed by atoms with van der Waals surface area (Å²) in [5.74, 6) is -2.85. The number of nitrogens with one attached hydrogen (secondary N) is 1. The van der Waals surface area contributed by atoms with Gasteiger partial charge in [0, 0.05) is 18.5 Å². The number of carbonyl (C=O) groups excluding carboxylic acids is 4. The third-order valence-electron chi connectivity index (χ3n) is 5.25. The van der Waals surface area contributed by atoms with E-state index in [1.54, 1.807) is 36.1 Å². The number of hydrogen-bond acceptors (Lipinski definition) is 7. The van der Waals surface area contributed by atoms with E-state index in [0.717, 1.165) is 0 Å². The molecule has 2 aromatic rings. The Balaban J connectivity index is 1.69. The molecule has 10 heteroatoms. The fourth-order valence-corrected chi connectivity index (χ4v) is 3.56. The Hall–Kier alpha value is -3.56. The predicted molar refractivity (Wildman–Crippen MR) is 109 cm³/mol. The summed E-state index contributed by atoms with van der Waals surface area (Å²) in [5.41, 5.74) is 0.995. The molecule has 3 rings (SSSR count). The van der Waals surface area contributed by atoms with Gasteiger partial charge in [-0.2, -0.15) is 15.0 Å². The van der Waals surface area contributed by atoms with Crippen LogP contribution in [-0.2, 0) is 19.1 Å². The SMILES string of the molecule is CCOC(=O)C(=O)NCC(=O)[C@@H]1CC[C@@H](C)N(C(=O)c2ccccc2-n2nccn2)C1. The van der Waals surface area contributed by atoms with Gasteiger partial charge in [0.25, 0.3) is 5.91 Å². The van der Waals surface area contributed by atoms with Crippen molar-refractivity contribution in [2.24, 2.45) is 5.92 Å². The van der Waals surface area contributed by atoms with E-state index in [1.807, 2.05) is 6.92 Å². The van der Waals surface area contributed by atoms with Crippen LogP contribution in [0.25, 0.3) is 5.69 Å². The van der Waals surface area contributed by atoms with Crippen molar-refractivity contribution in [3.05, 3.63) is 42.2 Å². The lowest BCUT2D eigenvalue weighted by molar-refractivity contribution is -0.154. The second-order valence-corrected chi connectivity index (χ2v) is 7.29. The standard InChI is InChI=1S/C21H25N5O5/c1-3-31-21(30)19(28)22-12-18(27)15-9-8-14(2)25(13-15)20(29)16-6-4-5-7-17(16)26-23-10-11-24-26/h4-7,10-11,14-15H,3,8-9,12-13H2,1-2H3,(H,22,28)/t14-,15-/m1/s1.